The number of rotatable bonds is 11. The van der Waals surface area contributed by atoms with Crippen molar-refractivity contribution in [2.75, 3.05) is 33.8 Å². The summed E-state index contributed by atoms with van der Waals surface area (Å²) in [7, 11) is 3.31. The Morgan fingerprint density at radius 1 is 1.18 bits per heavy atom. The van der Waals surface area contributed by atoms with E-state index in [4.69, 9.17) is 4.74 Å². The molecule has 1 unspecified atom stereocenters. The monoisotopic (exact) mass is 564 g/mol. The highest BCUT2D eigenvalue weighted by molar-refractivity contribution is 7.08. The van der Waals surface area contributed by atoms with Crippen molar-refractivity contribution >= 4 is 35.5 Å². The highest BCUT2D eigenvalue weighted by Crippen LogP contribution is 2.32. The molecule has 1 aliphatic carbocycles. The van der Waals surface area contributed by atoms with Gasteiger partial charge in [-0.15, -0.1) is 11.3 Å². The fourth-order valence-electron chi connectivity index (χ4n) is 5.70. The quantitative estimate of drug-likeness (QED) is 0.242. The van der Waals surface area contributed by atoms with Crippen LogP contribution in [0, 0.1) is 17.3 Å². The van der Waals surface area contributed by atoms with E-state index in [1.165, 1.54) is 11.3 Å². The van der Waals surface area contributed by atoms with E-state index in [1.54, 1.807) is 29.3 Å². The molecule has 218 valence electrons. The topological polar surface area (TPSA) is 119 Å². The number of likely N-dealkylation sites (N-methyl/N-ethyl adjacent to an activating group) is 1. The van der Waals surface area contributed by atoms with Crippen molar-refractivity contribution < 1.29 is 29.1 Å². The standard InChI is InChI=1S/C28H44N4O6S/c1-28(2,3)24(29-25(34)20(15-32(37)18-33)14-19-8-6-7-9-19)27(36)30(4)21-10-12-31(13-11-21)26(35)22-16-39-17-23(22)38-5/h16-21,24,37H,6-15H2,1-5H3,(H,29,34)/t20?,24-/m1/s1. The molecule has 3 rings (SSSR count). The van der Waals surface area contributed by atoms with Crippen molar-refractivity contribution in [3.63, 3.8) is 0 Å². The molecule has 1 aliphatic heterocycles. The number of carbonyl (C=O) groups excluding carboxylic acids is 4. The summed E-state index contributed by atoms with van der Waals surface area (Å²) in [6.45, 7) is 6.68. The van der Waals surface area contributed by atoms with Crippen LogP contribution in [0.2, 0.25) is 0 Å². The van der Waals surface area contributed by atoms with E-state index in [9.17, 15) is 24.4 Å². The van der Waals surface area contributed by atoms with Crippen molar-refractivity contribution in [1.29, 1.82) is 0 Å². The summed E-state index contributed by atoms with van der Waals surface area (Å²) in [5.41, 5.74) is -0.00154. The van der Waals surface area contributed by atoms with E-state index in [1.807, 2.05) is 26.2 Å². The van der Waals surface area contributed by atoms with Gasteiger partial charge in [0, 0.05) is 36.9 Å². The lowest BCUT2D eigenvalue weighted by Gasteiger charge is -2.40. The Labute approximate surface area is 235 Å². The second-order valence-corrected chi connectivity index (χ2v) is 12.7. The number of ether oxygens (including phenoxy) is 1. The van der Waals surface area contributed by atoms with Gasteiger partial charge in [0.2, 0.25) is 18.2 Å². The van der Waals surface area contributed by atoms with Gasteiger partial charge in [0.1, 0.15) is 11.8 Å². The highest BCUT2D eigenvalue weighted by Gasteiger charge is 2.39. The van der Waals surface area contributed by atoms with Crippen LogP contribution in [0.25, 0.3) is 0 Å². The lowest BCUT2D eigenvalue weighted by molar-refractivity contribution is -0.156. The molecule has 10 nitrogen and oxygen atoms in total. The number of nitrogens with zero attached hydrogens (tertiary/aromatic N) is 3. The van der Waals surface area contributed by atoms with Crippen LogP contribution in [0.3, 0.4) is 0 Å². The molecule has 0 bridgehead atoms. The van der Waals surface area contributed by atoms with Gasteiger partial charge in [-0.05, 0) is 30.6 Å². The molecule has 11 heteroatoms. The average molecular weight is 565 g/mol. The number of likely N-dealkylation sites (tertiary alicyclic amines) is 1. The zero-order valence-corrected chi connectivity index (χ0v) is 24.7. The van der Waals surface area contributed by atoms with Crippen LogP contribution in [0.5, 0.6) is 5.75 Å². The summed E-state index contributed by atoms with van der Waals surface area (Å²) >= 11 is 1.42. The maximum atomic E-state index is 13.8. The van der Waals surface area contributed by atoms with Gasteiger partial charge >= 0.3 is 0 Å². The van der Waals surface area contributed by atoms with Gasteiger partial charge in [0.15, 0.2) is 0 Å². The number of carbonyl (C=O) groups is 4. The number of piperidine rings is 1. The molecule has 1 saturated heterocycles. The SMILES string of the molecule is COc1cscc1C(=O)N1CCC(N(C)C(=O)[C@@H](NC(=O)C(CC2CCCC2)CN(O)C=O)C(C)(C)C)CC1. The molecule has 2 fully saturated rings. The fraction of sp³-hybridized carbons (Fsp3) is 0.714. The number of thiophene rings is 1. The minimum Gasteiger partial charge on any atom is -0.495 e. The molecule has 0 radical (unpaired) electrons. The second kappa shape index (κ2) is 13.6. The summed E-state index contributed by atoms with van der Waals surface area (Å²) in [4.78, 5) is 54.7. The van der Waals surface area contributed by atoms with Gasteiger partial charge in [0.05, 0.1) is 25.1 Å². The molecule has 1 saturated carbocycles. The van der Waals surface area contributed by atoms with Crippen LogP contribution in [0.15, 0.2) is 10.8 Å². The second-order valence-electron chi connectivity index (χ2n) is 11.9. The first kappa shape index (κ1) is 30.9. The summed E-state index contributed by atoms with van der Waals surface area (Å²) in [5.74, 6) is -0.233. The zero-order valence-electron chi connectivity index (χ0n) is 23.9. The Kier molecular flexibility index (Phi) is 10.8. The van der Waals surface area contributed by atoms with Crippen LogP contribution in [0.4, 0.5) is 0 Å². The largest absolute Gasteiger partial charge is 0.495 e. The molecule has 1 aromatic rings. The van der Waals surface area contributed by atoms with Gasteiger partial charge in [-0.3, -0.25) is 24.4 Å². The molecule has 0 aromatic carbocycles. The predicted molar refractivity (Wildman–Crippen MR) is 149 cm³/mol. The van der Waals surface area contributed by atoms with Gasteiger partial charge < -0.3 is 19.9 Å². The summed E-state index contributed by atoms with van der Waals surface area (Å²) in [5, 5.41) is 16.9. The molecule has 2 N–H and O–H groups in total. The fourth-order valence-corrected chi connectivity index (χ4v) is 6.47. The van der Waals surface area contributed by atoms with E-state index < -0.39 is 17.4 Å². The smallest absolute Gasteiger partial charge is 0.258 e. The van der Waals surface area contributed by atoms with Crippen molar-refractivity contribution in [2.24, 2.45) is 17.3 Å². The van der Waals surface area contributed by atoms with E-state index in [2.05, 4.69) is 5.32 Å². The van der Waals surface area contributed by atoms with Crippen LogP contribution >= 0.6 is 11.3 Å². The Hall–Kier alpha value is -2.66. The molecule has 2 atom stereocenters. The number of hydrogen-bond donors (Lipinski definition) is 2. The maximum Gasteiger partial charge on any atom is 0.258 e. The molecule has 1 aromatic heterocycles. The Morgan fingerprint density at radius 2 is 1.82 bits per heavy atom. The van der Waals surface area contributed by atoms with E-state index >= 15 is 0 Å². The maximum absolute atomic E-state index is 13.8. The van der Waals surface area contributed by atoms with Crippen molar-refractivity contribution in [3.05, 3.63) is 16.3 Å². The van der Waals surface area contributed by atoms with Crippen molar-refractivity contribution in [2.45, 2.75) is 77.8 Å². The first-order valence-electron chi connectivity index (χ1n) is 13.8. The van der Waals surface area contributed by atoms with Gasteiger partial charge in [-0.1, -0.05) is 46.5 Å². The lowest BCUT2D eigenvalue weighted by Crippen LogP contribution is -2.58. The van der Waals surface area contributed by atoms with Gasteiger partial charge in [-0.2, -0.15) is 0 Å². The third kappa shape index (κ3) is 7.94. The highest BCUT2D eigenvalue weighted by atomic mass is 32.1. The number of nitrogens with one attached hydrogen (secondary N) is 1. The molecule has 4 amide bonds. The molecular formula is C28H44N4O6S. The Bertz CT molecular complexity index is 994. The molecular weight excluding hydrogens is 520 g/mol. The lowest BCUT2D eigenvalue weighted by atomic mass is 9.84. The third-order valence-electron chi connectivity index (χ3n) is 8.12. The van der Waals surface area contributed by atoms with Crippen molar-refractivity contribution in [3.8, 4) is 5.75 Å². The minimum absolute atomic E-state index is 0.0649. The Morgan fingerprint density at radius 3 is 2.38 bits per heavy atom. The average Bonchev–Trinajstić information content (AvgIpc) is 3.61. The number of methoxy groups -OCH3 is 1. The minimum atomic E-state index is -0.779. The molecule has 39 heavy (non-hydrogen) atoms. The van der Waals surface area contributed by atoms with Crippen LogP contribution in [0.1, 0.15) is 76.1 Å². The van der Waals surface area contributed by atoms with Crippen molar-refractivity contribution in [1.82, 2.24) is 20.2 Å². The van der Waals surface area contributed by atoms with Crippen LogP contribution in [-0.4, -0.2) is 90.1 Å². The molecule has 0 spiro atoms. The summed E-state index contributed by atoms with van der Waals surface area (Å²) in [6, 6.07) is -0.843. The van der Waals surface area contributed by atoms with E-state index in [-0.39, 0.29) is 30.3 Å². The summed E-state index contributed by atoms with van der Waals surface area (Å²) < 4.78 is 5.30. The number of hydroxylamine groups is 2. The van der Waals surface area contributed by atoms with E-state index in [0.29, 0.717) is 61.1 Å². The first-order chi connectivity index (χ1) is 18.5. The van der Waals surface area contributed by atoms with Crippen LogP contribution < -0.4 is 10.1 Å². The molecule has 2 heterocycles. The zero-order chi connectivity index (χ0) is 28.7. The summed E-state index contributed by atoms with van der Waals surface area (Å²) in [6.07, 6.45) is 6.44. The number of hydrogen-bond acceptors (Lipinski definition) is 7. The molecule has 2 aliphatic rings. The third-order valence-corrected chi connectivity index (χ3v) is 8.84. The Balaban J connectivity index is 1.65. The van der Waals surface area contributed by atoms with Gasteiger partial charge in [-0.25, -0.2) is 5.06 Å². The number of amides is 4. The first-order valence-corrected chi connectivity index (χ1v) is 14.8. The van der Waals surface area contributed by atoms with E-state index in [0.717, 1.165) is 25.7 Å². The predicted octanol–water partition coefficient (Wildman–Crippen LogP) is 3.39. The van der Waals surface area contributed by atoms with Crippen LogP contribution in [-0.2, 0) is 14.4 Å². The normalized spacial score (nSPS) is 18.4. The van der Waals surface area contributed by atoms with Gasteiger partial charge in [0.25, 0.3) is 5.91 Å².